The highest BCUT2D eigenvalue weighted by Gasteiger charge is 2.17. The van der Waals surface area contributed by atoms with Crippen molar-refractivity contribution in [1.29, 1.82) is 0 Å². The van der Waals surface area contributed by atoms with Crippen molar-refractivity contribution >= 4 is 5.82 Å². The molecule has 0 unspecified atom stereocenters. The van der Waals surface area contributed by atoms with Crippen LogP contribution < -0.4 is 16.0 Å². The van der Waals surface area contributed by atoms with Crippen LogP contribution in [0.15, 0.2) is 6.33 Å². The van der Waals surface area contributed by atoms with Gasteiger partial charge in [0.05, 0.1) is 17.8 Å². The van der Waals surface area contributed by atoms with E-state index in [9.17, 15) is 0 Å². The minimum Gasteiger partial charge on any atom is -0.477 e. The third-order valence-corrected chi connectivity index (χ3v) is 3.04. The van der Waals surface area contributed by atoms with Gasteiger partial charge in [0.1, 0.15) is 12.1 Å². The number of anilines is 1. The Morgan fingerprint density at radius 1 is 1.37 bits per heavy atom. The van der Waals surface area contributed by atoms with Crippen molar-refractivity contribution in [3.05, 3.63) is 11.9 Å². The SMILES string of the molecule is CCCc1c(NN)ncnc1OCCC(C)(C)OC. The summed E-state index contributed by atoms with van der Waals surface area (Å²) in [6, 6.07) is 0. The molecule has 6 heteroatoms. The maximum absolute atomic E-state index is 5.74. The van der Waals surface area contributed by atoms with Crippen LogP contribution in [0.2, 0.25) is 0 Å². The van der Waals surface area contributed by atoms with Crippen LogP contribution >= 0.6 is 0 Å². The molecule has 0 atom stereocenters. The Morgan fingerprint density at radius 3 is 2.68 bits per heavy atom. The summed E-state index contributed by atoms with van der Waals surface area (Å²) < 4.78 is 11.1. The molecule has 1 rings (SSSR count). The van der Waals surface area contributed by atoms with Crippen LogP contribution in [0.4, 0.5) is 5.82 Å². The molecule has 0 aliphatic heterocycles. The number of hydrogen-bond acceptors (Lipinski definition) is 6. The lowest BCUT2D eigenvalue weighted by Crippen LogP contribution is -2.25. The minimum absolute atomic E-state index is 0.201. The molecule has 0 spiro atoms. The fourth-order valence-corrected chi connectivity index (χ4v) is 1.62. The van der Waals surface area contributed by atoms with E-state index in [1.807, 2.05) is 13.8 Å². The van der Waals surface area contributed by atoms with E-state index in [1.165, 1.54) is 6.33 Å². The number of nitrogens with two attached hydrogens (primary N) is 1. The van der Waals surface area contributed by atoms with Gasteiger partial charge < -0.3 is 14.9 Å². The van der Waals surface area contributed by atoms with Gasteiger partial charge in [0.15, 0.2) is 0 Å². The van der Waals surface area contributed by atoms with Gasteiger partial charge in [0.25, 0.3) is 0 Å². The van der Waals surface area contributed by atoms with E-state index in [2.05, 4.69) is 22.3 Å². The summed E-state index contributed by atoms with van der Waals surface area (Å²) in [5.74, 6) is 6.67. The van der Waals surface area contributed by atoms with E-state index < -0.39 is 0 Å². The molecule has 3 N–H and O–H groups in total. The van der Waals surface area contributed by atoms with E-state index in [1.54, 1.807) is 7.11 Å². The summed E-state index contributed by atoms with van der Waals surface area (Å²) >= 11 is 0. The van der Waals surface area contributed by atoms with E-state index in [0.29, 0.717) is 18.3 Å². The van der Waals surface area contributed by atoms with E-state index in [0.717, 1.165) is 24.8 Å². The number of nitrogens with zero attached hydrogens (tertiary/aromatic N) is 2. The van der Waals surface area contributed by atoms with Crippen molar-refractivity contribution in [3.8, 4) is 5.88 Å². The van der Waals surface area contributed by atoms with Gasteiger partial charge in [0, 0.05) is 13.5 Å². The van der Waals surface area contributed by atoms with Crippen molar-refractivity contribution < 1.29 is 9.47 Å². The quantitative estimate of drug-likeness (QED) is 0.553. The van der Waals surface area contributed by atoms with Crippen molar-refractivity contribution in [2.45, 2.75) is 45.6 Å². The summed E-state index contributed by atoms with van der Waals surface area (Å²) in [6.45, 7) is 6.68. The maximum atomic E-state index is 5.74. The molecule has 0 bridgehead atoms. The first-order chi connectivity index (χ1) is 9.04. The molecule has 19 heavy (non-hydrogen) atoms. The van der Waals surface area contributed by atoms with Crippen molar-refractivity contribution in [3.63, 3.8) is 0 Å². The summed E-state index contributed by atoms with van der Waals surface area (Å²) in [6.07, 6.45) is 4.03. The van der Waals surface area contributed by atoms with Crippen LogP contribution in [0.1, 0.15) is 39.2 Å². The number of hydrogen-bond donors (Lipinski definition) is 2. The van der Waals surface area contributed by atoms with E-state index in [4.69, 9.17) is 15.3 Å². The van der Waals surface area contributed by atoms with Gasteiger partial charge >= 0.3 is 0 Å². The molecule has 0 aromatic carbocycles. The zero-order chi connectivity index (χ0) is 14.3. The highest BCUT2D eigenvalue weighted by Crippen LogP contribution is 2.23. The summed E-state index contributed by atoms with van der Waals surface area (Å²) in [5, 5.41) is 0. The first kappa shape index (κ1) is 15.7. The topological polar surface area (TPSA) is 82.3 Å². The first-order valence-corrected chi connectivity index (χ1v) is 6.52. The second kappa shape index (κ2) is 7.25. The number of nitrogen functional groups attached to an aromatic ring is 1. The Kier molecular flexibility index (Phi) is 5.98. The lowest BCUT2D eigenvalue weighted by molar-refractivity contribution is 0.00499. The molecule has 0 amide bonds. The Hall–Kier alpha value is -1.40. The second-order valence-corrected chi connectivity index (χ2v) is 4.96. The Balaban J connectivity index is 2.72. The van der Waals surface area contributed by atoms with Crippen LogP contribution in [-0.4, -0.2) is 29.3 Å². The number of methoxy groups -OCH3 is 1. The fourth-order valence-electron chi connectivity index (χ4n) is 1.62. The molecule has 6 nitrogen and oxygen atoms in total. The van der Waals surface area contributed by atoms with Crippen molar-refractivity contribution in [2.75, 3.05) is 19.1 Å². The standard InChI is InChI=1S/C13H24N4O2/c1-5-6-10-11(17-14)15-9-16-12(10)19-8-7-13(2,3)18-4/h9H,5-8,14H2,1-4H3,(H,15,16,17). The molecule has 1 aromatic heterocycles. The van der Waals surface area contributed by atoms with E-state index >= 15 is 0 Å². The van der Waals surface area contributed by atoms with Crippen LogP contribution in [0.3, 0.4) is 0 Å². The summed E-state index contributed by atoms with van der Waals surface area (Å²) in [4.78, 5) is 8.28. The van der Waals surface area contributed by atoms with Crippen LogP contribution in [-0.2, 0) is 11.2 Å². The number of ether oxygens (including phenoxy) is 2. The highest BCUT2D eigenvalue weighted by atomic mass is 16.5. The number of rotatable bonds is 8. The average molecular weight is 268 g/mol. The molecular formula is C13H24N4O2. The first-order valence-electron chi connectivity index (χ1n) is 6.52. The molecule has 1 heterocycles. The fraction of sp³-hybridized carbons (Fsp3) is 0.692. The molecule has 1 aromatic rings. The third-order valence-electron chi connectivity index (χ3n) is 3.04. The largest absolute Gasteiger partial charge is 0.477 e. The van der Waals surface area contributed by atoms with Crippen LogP contribution in [0, 0.1) is 0 Å². The molecule has 0 radical (unpaired) electrons. The third kappa shape index (κ3) is 4.65. The van der Waals surface area contributed by atoms with Crippen molar-refractivity contribution in [2.24, 2.45) is 5.84 Å². The smallest absolute Gasteiger partial charge is 0.221 e. The average Bonchev–Trinajstić information content (AvgIpc) is 2.40. The Bertz CT molecular complexity index is 396. The van der Waals surface area contributed by atoms with E-state index in [-0.39, 0.29) is 5.60 Å². The van der Waals surface area contributed by atoms with Crippen LogP contribution in [0.5, 0.6) is 5.88 Å². The predicted octanol–water partition coefficient (Wildman–Crippen LogP) is 1.91. The van der Waals surface area contributed by atoms with Gasteiger partial charge in [-0.15, -0.1) is 0 Å². The van der Waals surface area contributed by atoms with Crippen molar-refractivity contribution in [1.82, 2.24) is 9.97 Å². The molecule has 0 aliphatic carbocycles. The van der Waals surface area contributed by atoms with Gasteiger partial charge in [-0.25, -0.2) is 15.8 Å². The molecule has 0 saturated carbocycles. The zero-order valence-electron chi connectivity index (χ0n) is 12.2. The summed E-state index contributed by atoms with van der Waals surface area (Å²) in [7, 11) is 1.70. The number of hydrazine groups is 1. The van der Waals surface area contributed by atoms with Crippen LogP contribution in [0.25, 0.3) is 0 Å². The normalized spacial score (nSPS) is 11.4. The monoisotopic (exact) mass is 268 g/mol. The summed E-state index contributed by atoms with van der Waals surface area (Å²) in [5.41, 5.74) is 3.30. The van der Waals surface area contributed by atoms with Gasteiger partial charge in [-0.05, 0) is 20.3 Å². The highest BCUT2D eigenvalue weighted by molar-refractivity contribution is 5.47. The lowest BCUT2D eigenvalue weighted by atomic mass is 10.1. The molecule has 108 valence electrons. The van der Waals surface area contributed by atoms with Gasteiger partial charge in [0.2, 0.25) is 5.88 Å². The molecule has 0 saturated heterocycles. The predicted molar refractivity (Wildman–Crippen MR) is 75.0 cm³/mol. The number of nitrogens with one attached hydrogen (secondary N) is 1. The maximum Gasteiger partial charge on any atom is 0.221 e. The zero-order valence-corrected chi connectivity index (χ0v) is 12.2. The molecule has 0 aliphatic rings. The van der Waals surface area contributed by atoms with Gasteiger partial charge in [-0.1, -0.05) is 13.3 Å². The van der Waals surface area contributed by atoms with Gasteiger partial charge in [-0.2, -0.15) is 0 Å². The Labute approximate surface area is 114 Å². The van der Waals surface area contributed by atoms with Gasteiger partial charge in [-0.3, -0.25) is 0 Å². The molecule has 0 fully saturated rings. The minimum atomic E-state index is -0.201. The lowest BCUT2D eigenvalue weighted by Gasteiger charge is -2.22. The molecular weight excluding hydrogens is 244 g/mol. The Morgan fingerprint density at radius 2 is 2.11 bits per heavy atom. The second-order valence-electron chi connectivity index (χ2n) is 4.96. The number of aromatic nitrogens is 2.